The van der Waals surface area contributed by atoms with Crippen LogP contribution in [0.2, 0.25) is 10.0 Å². The third-order valence-corrected chi connectivity index (χ3v) is 4.41. The molecule has 1 N–H and O–H groups in total. The Morgan fingerprint density at radius 1 is 1.16 bits per heavy atom. The van der Waals surface area contributed by atoms with Gasteiger partial charge in [0, 0.05) is 34.8 Å². The van der Waals surface area contributed by atoms with Crippen LogP contribution in [0.1, 0.15) is 28.8 Å². The number of halogens is 2. The zero-order valence-corrected chi connectivity index (χ0v) is 14.7. The first kappa shape index (κ1) is 17.5. The minimum absolute atomic E-state index is 0.113. The van der Waals surface area contributed by atoms with Crippen molar-refractivity contribution in [2.45, 2.75) is 12.8 Å². The first-order valence-electron chi connectivity index (χ1n) is 7.73. The van der Waals surface area contributed by atoms with E-state index in [-0.39, 0.29) is 11.8 Å². The number of nitrogens with zero attached hydrogens (tertiary/aromatic N) is 2. The molecule has 0 atom stereocenters. The Hall–Kier alpha value is -2.37. The Bertz CT molecular complexity index is 835. The molecule has 0 aliphatic carbocycles. The Kier molecular flexibility index (Phi) is 5.36. The lowest BCUT2D eigenvalue weighted by molar-refractivity contribution is -0.117. The van der Waals surface area contributed by atoms with E-state index in [0.717, 1.165) is 18.7 Å². The van der Waals surface area contributed by atoms with Gasteiger partial charge in [0.25, 0.3) is 5.91 Å². The largest absolute Gasteiger partial charge is 0.312 e. The van der Waals surface area contributed by atoms with Gasteiger partial charge in [0.05, 0.1) is 11.2 Å². The number of carbonyl (C=O) groups is 2. The van der Waals surface area contributed by atoms with Gasteiger partial charge in [-0.15, -0.1) is 0 Å². The topological polar surface area (TPSA) is 61.8 Å². The molecule has 1 heterocycles. The molecule has 0 saturated carbocycles. The molecular formula is C18H15Cl2N3O2. The monoisotopic (exact) mass is 375 g/mol. The van der Waals surface area contributed by atoms with Gasteiger partial charge in [0.1, 0.15) is 0 Å². The Labute approximate surface area is 155 Å². The summed E-state index contributed by atoms with van der Waals surface area (Å²) in [6.07, 6.45) is 2.89. The number of hydrazone groups is 1. The fourth-order valence-electron chi connectivity index (χ4n) is 2.55. The third kappa shape index (κ3) is 4.18. The summed E-state index contributed by atoms with van der Waals surface area (Å²) >= 11 is 11.9. The molecule has 0 aromatic heterocycles. The van der Waals surface area contributed by atoms with Gasteiger partial charge in [0.15, 0.2) is 0 Å². The standard InChI is InChI=1S/C18H15Cl2N3O2/c19-14-6-3-13(16(20)10-14)11-21-22-18(25)12-4-7-15(8-5-12)23-9-1-2-17(23)24/h3-8,10-11H,1-2,9H2,(H,22,25). The molecule has 5 nitrogen and oxygen atoms in total. The molecule has 2 aromatic carbocycles. The van der Waals surface area contributed by atoms with Crippen LogP contribution >= 0.6 is 23.2 Å². The Balaban J connectivity index is 1.63. The maximum absolute atomic E-state index is 12.1. The van der Waals surface area contributed by atoms with Crippen molar-refractivity contribution in [2.24, 2.45) is 5.10 Å². The molecule has 1 saturated heterocycles. The summed E-state index contributed by atoms with van der Waals surface area (Å²) in [5.41, 5.74) is 4.35. The van der Waals surface area contributed by atoms with E-state index in [1.807, 2.05) is 0 Å². The molecule has 0 unspecified atom stereocenters. The van der Waals surface area contributed by atoms with Crippen LogP contribution in [0, 0.1) is 0 Å². The van der Waals surface area contributed by atoms with E-state index >= 15 is 0 Å². The summed E-state index contributed by atoms with van der Waals surface area (Å²) < 4.78 is 0. The van der Waals surface area contributed by atoms with Crippen molar-refractivity contribution in [3.63, 3.8) is 0 Å². The number of rotatable bonds is 4. The minimum atomic E-state index is -0.347. The van der Waals surface area contributed by atoms with E-state index in [1.165, 1.54) is 6.21 Å². The second-order valence-corrected chi connectivity index (χ2v) is 6.40. The average Bonchev–Trinajstić information content (AvgIpc) is 3.03. The molecule has 1 aliphatic rings. The van der Waals surface area contributed by atoms with E-state index in [1.54, 1.807) is 47.4 Å². The molecule has 7 heteroatoms. The fraction of sp³-hybridized carbons (Fsp3) is 0.167. The second kappa shape index (κ2) is 7.68. The lowest BCUT2D eigenvalue weighted by atomic mass is 10.2. The van der Waals surface area contributed by atoms with Crippen molar-refractivity contribution < 1.29 is 9.59 Å². The molecule has 3 rings (SSSR count). The van der Waals surface area contributed by atoms with Crippen LogP contribution in [0.5, 0.6) is 0 Å². The van der Waals surface area contributed by atoms with Crippen LogP contribution in [0.4, 0.5) is 5.69 Å². The van der Waals surface area contributed by atoms with E-state index in [4.69, 9.17) is 23.2 Å². The molecule has 0 spiro atoms. The van der Waals surface area contributed by atoms with Crippen molar-refractivity contribution in [1.29, 1.82) is 0 Å². The van der Waals surface area contributed by atoms with Gasteiger partial charge in [0.2, 0.25) is 5.91 Å². The highest BCUT2D eigenvalue weighted by Gasteiger charge is 2.21. The predicted octanol–water partition coefficient (Wildman–Crippen LogP) is 3.88. The molecule has 128 valence electrons. The van der Waals surface area contributed by atoms with Gasteiger partial charge in [-0.1, -0.05) is 29.3 Å². The maximum atomic E-state index is 12.1. The number of amides is 2. The van der Waals surface area contributed by atoms with Gasteiger partial charge in [-0.25, -0.2) is 5.43 Å². The van der Waals surface area contributed by atoms with E-state index in [9.17, 15) is 9.59 Å². The smallest absolute Gasteiger partial charge is 0.271 e. The predicted molar refractivity (Wildman–Crippen MR) is 99.6 cm³/mol. The SMILES string of the molecule is O=C(NN=Cc1ccc(Cl)cc1Cl)c1ccc(N2CCCC2=O)cc1. The van der Waals surface area contributed by atoms with Gasteiger partial charge in [-0.3, -0.25) is 9.59 Å². The Morgan fingerprint density at radius 2 is 1.92 bits per heavy atom. The van der Waals surface area contributed by atoms with Crippen LogP contribution in [-0.4, -0.2) is 24.6 Å². The van der Waals surface area contributed by atoms with Gasteiger partial charge in [-0.05, 0) is 42.8 Å². The zero-order chi connectivity index (χ0) is 17.8. The number of benzene rings is 2. The molecule has 0 bridgehead atoms. The van der Waals surface area contributed by atoms with Crippen LogP contribution in [0.15, 0.2) is 47.6 Å². The van der Waals surface area contributed by atoms with Crippen molar-refractivity contribution in [2.75, 3.05) is 11.4 Å². The maximum Gasteiger partial charge on any atom is 0.271 e. The number of hydrogen-bond donors (Lipinski definition) is 1. The fourth-order valence-corrected chi connectivity index (χ4v) is 3.00. The van der Waals surface area contributed by atoms with E-state index in [0.29, 0.717) is 27.6 Å². The third-order valence-electron chi connectivity index (χ3n) is 3.85. The highest BCUT2D eigenvalue weighted by atomic mass is 35.5. The van der Waals surface area contributed by atoms with Crippen molar-refractivity contribution >= 4 is 46.9 Å². The van der Waals surface area contributed by atoms with Crippen molar-refractivity contribution in [1.82, 2.24) is 5.43 Å². The van der Waals surface area contributed by atoms with E-state index in [2.05, 4.69) is 10.5 Å². The summed E-state index contributed by atoms with van der Waals surface area (Å²) in [5, 5.41) is 4.88. The molecular weight excluding hydrogens is 361 g/mol. The molecule has 25 heavy (non-hydrogen) atoms. The van der Waals surface area contributed by atoms with Gasteiger partial charge >= 0.3 is 0 Å². The van der Waals surface area contributed by atoms with E-state index < -0.39 is 0 Å². The molecule has 2 aromatic rings. The highest BCUT2D eigenvalue weighted by molar-refractivity contribution is 6.36. The van der Waals surface area contributed by atoms with Crippen LogP contribution < -0.4 is 10.3 Å². The minimum Gasteiger partial charge on any atom is -0.312 e. The second-order valence-electron chi connectivity index (χ2n) is 5.56. The molecule has 1 aliphatic heterocycles. The number of anilines is 1. The normalized spacial score (nSPS) is 14.3. The lowest BCUT2D eigenvalue weighted by Crippen LogP contribution is -2.24. The van der Waals surface area contributed by atoms with Crippen molar-refractivity contribution in [3.05, 3.63) is 63.6 Å². The summed E-state index contributed by atoms with van der Waals surface area (Å²) in [6.45, 7) is 0.719. The number of hydrogen-bond acceptors (Lipinski definition) is 3. The summed E-state index contributed by atoms with van der Waals surface area (Å²) in [5.74, 6) is -0.234. The van der Waals surface area contributed by atoms with Crippen LogP contribution in [-0.2, 0) is 4.79 Å². The highest BCUT2D eigenvalue weighted by Crippen LogP contribution is 2.22. The zero-order valence-electron chi connectivity index (χ0n) is 13.2. The first-order valence-corrected chi connectivity index (χ1v) is 8.49. The van der Waals surface area contributed by atoms with Crippen LogP contribution in [0.25, 0.3) is 0 Å². The van der Waals surface area contributed by atoms with Crippen molar-refractivity contribution in [3.8, 4) is 0 Å². The summed E-state index contributed by atoms with van der Waals surface area (Å²) in [4.78, 5) is 25.6. The molecule has 1 fully saturated rings. The lowest BCUT2D eigenvalue weighted by Gasteiger charge is -2.15. The molecule has 0 radical (unpaired) electrons. The van der Waals surface area contributed by atoms with Gasteiger partial charge < -0.3 is 4.90 Å². The number of nitrogens with one attached hydrogen (secondary N) is 1. The summed E-state index contributed by atoms with van der Waals surface area (Å²) in [6, 6.07) is 11.9. The Morgan fingerprint density at radius 3 is 2.56 bits per heavy atom. The van der Waals surface area contributed by atoms with Gasteiger partial charge in [-0.2, -0.15) is 5.10 Å². The summed E-state index contributed by atoms with van der Waals surface area (Å²) in [7, 11) is 0. The number of carbonyl (C=O) groups excluding carboxylic acids is 2. The quantitative estimate of drug-likeness (QED) is 0.650. The molecule has 2 amide bonds. The average molecular weight is 376 g/mol. The van der Waals surface area contributed by atoms with Crippen LogP contribution in [0.3, 0.4) is 0 Å². The first-order chi connectivity index (χ1) is 12.0.